The maximum absolute atomic E-state index is 11.0. The van der Waals surface area contributed by atoms with Gasteiger partial charge in [-0.25, -0.2) is 9.97 Å². The van der Waals surface area contributed by atoms with Crippen molar-refractivity contribution in [2.75, 3.05) is 18.4 Å². The van der Waals surface area contributed by atoms with Gasteiger partial charge >= 0.3 is 0 Å². The van der Waals surface area contributed by atoms with Crippen molar-refractivity contribution in [2.45, 2.75) is 62.3 Å². The van der Waals surface area contributed by atoms with Gasteiger partial charge in [-0.1, -0.05) is 42.8 Å². The fraction of sp³-hybridized carbons (Fsp3) is 0.297. The van der Waals surface area contributed by atoms with E-state index in [1.54, 1.807) is 13.1 Å². The quantitative estimate of drug-likeness (QED) is 0.0995. The molecule has 10 heteroatoms. The molecule has 0 radical (unpaired) electrons. The number of carbonyl (C=O) groups excluding carboxylic acids is 2. The molecule has 0 aliphatic carbocycles. The van der Waals surface area contributed by atoms with Gasteiger partial charge in [-0.15, -0.1) is 0 Å². The summed E-state index contributed by atoms with van der Waals surface area (Å²) in [6.45, 7) is 14.5. The second-order valence-electron chi connectivity index (χ2n) is 11.1. The third kappa shape index (κ3) is 11.2. The summed E-state index contributed by atoms with van der Waals surface area (Å²) in [6.07, 6.45) is 5.98. The van der Waals surface area contributed by atoms with E-state index < -0.39 is 0 Å². The van der Waals surface area contributed by atoms with E-state index in [9.17, 15) is 9.59 Å². The molecule has 0 fully saturated rings. The van der Waals surface area contributed by atoms with Crippen molar-refractivity contribution in [1.29, 1.82) is 0 Å². The number of halogens is 2. The van der Waals surface area contributed by atoms with Crippen LogP contribution in [0.3, 0.4) is 0 Å². The van der Waals surface area contributed by atoms with Crippen LogP contribution in [-0.4, -0.2) is 44.6 Å². The Balaban J connectivity index is 0.000000279. The van der Waals surface area contributed by atoms with E-state index in [2.05, 4.69) is 64.4 Å². The number of anilines is 1. The summed E-state index contributed by atoms with van der Waals surface area (Å²) in [4.78, 5) is 39.1. The summed E-state index contributed by atoms with van der Waals surface area (Å²) in [5.74, 6) is 0.828. The van der Waals surface area contributed by atoms with Gasteiger partial charge in [0.15, 0.2) is 11.6 Å². The van der Waals surface area contributed by atoms with Crippen molar-refractivity contribution >= 4 is 51.5 Å². The van der Waals surface area contributed by atoms with Crippen LogP contribution in [0.5, 0.6) is 0 Å². The minimum atomic E-state index is -0.134. The highest BCUT2D eigenvalue weighted by atomic mass is 35.5. The fourth-order valence-corrected chi connectivity index (χ4v) is 4.78. The van der Waals surface area contributed by atoms with Gasteiger partial charge in [0.2, 0.25) is 0 Å². The maximum atomic E-state index is 11.0. The highest BCUT2D eigenvalue weighted by Crippen LogP contribution is 2.28. The number of aromatic nitrogens is 4. The van der Waals surface area contributed by atoms with Gasteiger partial charge in [-0.05, 0) is 114 Å². The molecule has 4 heterocycles. The molecule has 0 saturated heterocycles. The van der Waals surface area contributed by atoms with Gasteiger partial charge in [0.05, 0.1) is 21.8 Å². The SMILES string of the molecule is C.CC(=O)c1cc(C)cnc1C.CC(=O)c1cc(Cl)cnc1Cl.Cc1cnc2cc(-c3ccc(C)c(C)c3)nc(NCCCN)c2c1. The lowest BCUT2D eigenvalue weighted by Crippen LogP contribution is -2.10. The van der Waals surface area contributed by atoms with Crippen LogP contribution in [0.4, 0.5) is 5.82 Å². The number of carbonyl (C=O) groups is 2. The molecule has 5 rings (SSSR count). The number of hydrogen-bond acceptors (Lipinski definition) is 8. The predicted molar refractivity (Wildman–Crippen MR) is 196 cm³/mol. The minimum absolute atomic E-state index is 0. The average Bonchev–Trinajstić information content (AvgIpc) is 3.01. The molecule has 0 spiro atoms. The Morgan fingerprint density at radius 3 is 2.04 bits per heavy atom. The van der Waals surface area contributed by atoms with Crippen molar-refractivity contribution in [1.82, 2.24) is 19.9 Å². The highest BCUT2D eigenvalue weighted by Gasteiger charge is 2.10. The molecule has 0 aliphatic rings. The van der Waals surface area contributed by atoms with Crippen LogP contribution < -0.4 is 11.1 Å². The zero-order valence-corrected chi connectivity index (χ0v) is 28.8. The van der Waals surface area contributed by atoms with E-state index in [1.807, 2.05) is 33.0 Å². The molecular weight excluding hydrogens is 631 g/mol. The number of rotatable bonds is 7. The monoisotopic (exact) mass is 674 g/mol. The Kier molecular flexibility index (Phi) is 15.1. The zero-order chi connectivity index (χ0) is 34.0. The van der Waals surface area contributed by atoms with Gasteiger partial charge in [-0.2, -0.15) is 0 Å². The molecule has 248 valence electrons. The number of nitrogens with one attached hydrogen (secondary N) is 1. The van der Waals surface area contributed by atoms with E-state index in [0.29, 0.717) is 17.1 Å². The van der Waals surface area contributed by atoms with E-state index >= 15 is 0 Å². The van der Waals surface area contributed by atoms with Crippen LogP contribution in [0, 0.1) is 34.6 Å². The lowest BCUT2D eigenvalue weighted by Gasteiger charge is -2.12. The van der Waals surface area contributed by atoms with Crippen molar-refractivity contribution in [3.8, 4) is 11.3 Å². The molecule has 0 amide bonds. The normalized spacial score (nSPS) is 10.2. The van der Waals surface area contributed by atoms with Gasteiger partial charge < -0.3 is 11.1 Å². The molecule has 0 atom stereocenters. The van der Waals surface area contributed by atoms with Crippen LogP contribution in [-0.2, 0) is 0 Å². The van der Waals surface area contributed by atoms with Crippen LogP contribution in [0.1, 0.15) is 76.4 Å². The third-order valence-corrected chi connectivity index (χ3v) is 7.59. The maximum Gasteiger partial charge on any atom is 0.162 e. The first-order valence-corrected chi connectivity index (χ1v) is 15.6. The largest absolute Gasteiger partial charge is 0.369 e. The van der Waals surface area contributed by atoms with E-state index in [1.165, 1.54) is 30.3 Å². The Labute approximate surface area is 288 Å². The van der Waals surface area contributed by atoms with Crippen molar-refractivity contribution in [3.05, 3.63) is 110 Å². The van der Waals surface area contributed by atoms with Crippen molar-refractivity contribution in [2.24, 2.45) is 5.73 Å². The third-order valence-electron chi connectivity index (χ3n) is 7.08. The lowest BCUT2D eigenvalue weighted by molar-refractivity contribution is 0.100. The summed E-state index contributed by atoms with van der Waals surface area (Å²) >= 11 is 11.2. The Morgan fingerprint density at radius 2 is 1.45 bits per heavy atom. The topological polar surface area (TPSA) is 124 Å². The first-order chi connectivity index (χ1) is 21.8. The molecule has 0 bridgehead atoms. The molecule has 0 unspecified atom stereocenters. The Morgan fingerprint density at radius 1 is 0.787 bits per heavy atom. The Hall–Kier alpha value is -4.24. The molecular formula is C37H44Cl2N6O2. The number of Topliss-reactive ketones (excluding diaryl/α,β-unsaturated/α-hetero) is 2. The summed E-state index contributed by atoms with van der Waals surface area (Å²) in [6, 6.07) is 14.0. The van der Waals surface area contributed by atoms with Crippen LogP contribution >= 0.6 is 23.2 Å². The van der Waals surface area contributed by atoms with E-state index in [4.69, 9.17) is 33.9 Å². The standard InChI is InChI=1S/C20H24N4.C9H11NO.C7H5Cl2NO.CH4/c1-13-9-17-19(23-12-13)11-18(24-20(17)22-8-4-7-21)16-6-5-14(2)15(3)10-16;1-6-4-9(8(3)11)7(2)10-5-6;1-4(11)6-2-5(8)3-10-7(6)9;/h5-6,9-12H,4,7-8,21H2,1-3H3,(H,22,24);4-5H,1-3H3;2-3H,1H3;1H4. The summed E-state index contributed by atoms with van der Waals surface area (Å²) < 4.78 is 0. The van der Waals surface area contributed by atoms with E-state index in [0.717, 1.165) is 63.3 Å². The zero-order valence-electron chi connectivity index (χ0n) is 27.3. The van der Waals surface area contributed by atoms with Gasteiger partial charge in [0.1, 0.15) is 11.0 Å². The minimum Gasteiger partial charge on any atom is -0.369 e. The Bertz CT molecular complexity index is 1800. The van der Waals surface area contributed by atoms with Gasteiger partial charge in [0, 0.05) is 47.3 Å². The van der Waals surface area contributed by atoms with Crippen molar-refractivity contribution in [3.63, 3.8) is 0 Å². The lowest BCUT2D eigenvalue weighted by atomic mass is 10.0. The molecule has 0 saturated carbocycles. The molecule has 1 aromatic carbocycles. The molecule has 0 aliphatic heterocycles. The van der Waals surface area contributed by atoms with Gasteiger partial charge in [-0.3, -0.25) is 19.6 Å². The number of hydrogen-bond donors (Lipinski definition) is 2. The fourth-order valence-electron chi connectivity index (χ4n) is 4.38. The summed E-state index contributed by atoms with van der Waals surface area (Å²) in [5.41, 5.74) is 15.2. The number of fused-ring (bicyclic) bond motifs is 1. The smallest absolute Gasteiger partial charge is 0.162 e. The predicted octanol–water partition coefficient (Wildman–Crippen LogP) is 9.11. The average molecular weight is 676 g/mol. The number of nitrogens with zero attached hydrogens (tertiary/aromatic N) is 4. The number of aryl methyl sites for hydroxylation is 5. The second kappa shape index (κ2) is 18.2. The number of benzene rings is 1. The number of pyridine rings is 4. The van der Waals surface area contributed by atoms with Crippen molar-refractivity contribution < 1.29 is 9.59 Å². The molecule has 8 nitrogen and oxygen atoms in total. The van der Waals surface area contributed by atoms with Gasteiger partial charge in [0.25, 0.3) is 0 Å². The molecule has 47 heavy (non-hydrogen) atoms. The number of nitrogens with two attached hydrogens (primary N) is 1. The van der Waals surface area contributed by atoms with Crippen LogP contribution in [0.2, 0.25) is 10.2 Å². The first kappa shape index (κ1) is 38.9. The first-order valence-electron chi connectivity index (χ1n) is 14.9. The molecule has 4 aromatic heterocycles. The summed E-state index contributed by atoms with van der Waals surface area (Å²) in [7, 11) is 0. The number of ketones is 2. The van der Waals surface area contributed by atoms with E-state index in [-0.39, 0.29) is 24.1 Å². The molecule has 3 N–H and O–H groups in total. The molecule has 5 aromatic rings. The second-order valence-corrected chi connectivity index (χ2v) is 11.8. The highest BCUT2D eigenvalue weighted by molar-refractivity contribution is 6.34. The van der Waals surface area contributed by atoms with Crippen LogP contribution in [0.15, 0.2) is 61.1 Å². The van der Waals surface area contributed by atoms with Crippen LogP contribution in [0.25, 0.3) is 22.2 Å². The summed E-state index contributed by atoms with van der Waals surface area (Å²) in [5, 5.41) is 5.09.